The minimum Gasteiger partial charge on any atom is -0.432 e. The van der Waals surface area contributed by atoms with Crippen molar-refractivity contribution >= 4 is 5.97 Å². The highest BCUT2D eigenvalue weighted by Gasteiger charge is 2.74. The Hall–Kier alpha value is -1.47. The summed E-state index contributed by atoms with van der Waals surface area (Å²) in [5.41, 5.74) is -1.82. The number of aliphatic hydroxyl groups excluding tert-OH is 12. The highest BCUT2D eigenvalue weighted by molar-refractivity contribution is 5.78. The Morgan fingerprint density at radius 3 is 1.97 bits per heavy atom. The van der Waals surface area contributed by atoms with Gasteiger partial charge in [0.2, 0.25) is 6.29 Å². The van der Waals surface area contributed by atoms with Gasteiger partial charge in [-0.3, -0.25) is 4.79 Å². The number of fused-ring (bicyclic) bond motifs is 7. The fourth-order valence-electron chi connectivity index (χ4n) is 15.9. The predicted molar refractivity (Wildman–Crippen MR) is 232 cm³/mol. The molecule has 8 rings (SSSR count). The molecule has 8 fully saturated rings. The largest absolute Gasteiger partial charge is 0.432 e. The molecular formula is C48H78O19. The van der Waals surface area contributed by atoms with Crippen LogP contribution in [0.3, 0.4) is 0 Å². The molecule has 0 aromatic carbocycles. The molecule has 3 heterocycles. The first-order chi connectivity index (χ1) is 31.5. The van der Waals surface area contributed by atoms with Gasteiger partial charge in [-0.05, 0) is 118 Å². The Kier molecular flexibility index (Phi) is 14.6. The third kappa shape index (κ3) is 7.92. The number of hydrogen-bond acceptors (Lipinski definition) is 19. The van der Waals surface area contributed by atoms with E-state index in [-0.39, 0.29) is 53.6 Å². The second-order valence-electron chi connectivity index (χ2n) is 22.7. The molecule has 384 valence electrons. The van der Waals surface area contributed by atoms with Gasteiger partial charge in [0.15, 0.2) is 12.6 Å². The van der Waals surface area contributed by atoms with Crippen molar-refractivity contribution in [2.75, 3.05) is 26.4 Å². The number of rotatable bonds is 11. The molecule has 0 radical (unpaired) electrons. The number of esters is 1. The van der Waals surface area contributed by atoms with Crippen molar-refractivity contribution in [3.63, 3.8) is 0 Å². The lowest BCUT2D eigenvalue weighted by molar-refractivity contribution is -0.361. The fraction of sp³-hybridized carbons (Fsp3) is 0.938. The van der Waals surface area contributed by atoms with Crippen LogP contribution in [-0.4, -0.2) is 192 Å². The average molecular weight is 959 g/mol. The van der Waals surface area contributed by atoms with Crippen LogP contribution in [0.15, 0.2) is 12.2 Å². The lowest BCUT2D eigenvalue weighted by atomic mass is 9.32. The van der Waals surface area contributed by atoms with Crippen molar-refractivity contribution < 1.29 is 94.5 Å². The van der Waals surface area contributed by atoms with Crippen molar-refractivity contribution in [1.29, 1.82) is 0 Å². The summed E-state index contributed by atoms with van der Waals surface area (Å²) in [6, 6.07) is 0. The molecule has 26 atom stereocenters. The molecule has 5 aliphatic carbocycles. The third-order valence-corrected chi connectivity index (χ3v) is 19.8. The van der Waals surface area contributed by atoms with Crippen molar-refractivity contribution in [1.82, 2.24) is 0 Å². The molecule has 0 aromatic rings. The van der Waals surface area contributed by atoms with Crippen molar-refractivity contribution in [2.24, 2.45) is 56.7 Å². The quantitative estimate of drug-likeness (QED) is 0.0870. The van der Waals surface area contributed by atoms with E-state index in [0.717, 1.165) is 37.7 Å². The van der Waals surface area contributed by atoms with Gasteiger partial charge in [0.05, 0.1) is 37.4 Å². The minimum atomic E-state index is -1.88. The number of aliphatic hydroxyl groups is 12. The van der Waals surface area contributed by atoms with E-state index in [0.29, 0.717) is 32.1 Å². The predicted octanol–water partition coefficient (Wildman–Crippen LogP) is -1.03. The van der Waals surface area contributed by atoms with Gasteiger partial charge in [0.25, 0.3) is 0 Å². The van der Waals surface area contributed by atoms with Gasteiger partial charge >= 0.3 is 5.97 Å². The van der Waals surface area contributed by atoms with Crippen LogP contribution in [-0.2, 0) is 33.2 Å². The van der Waals surface area contributed by atoms with E-state index in [9.17, 15) is 66.1 Å². The van der Waals surface area contributed by atoms with E-state index in [4.69, 9.17) is 28.4 Å². The van der Waals surface area contributed by atoms with Crippen molar-refractivity contribution in [3.05, 3.63) is 12.2 Å². The lowest BCUT2D eigenvalue weighted by Crippen LogP contribution is -2.69. The summed E-state index contributed by atoms with van der Waals surface area (Å²) in [6.07, 6.45) is -18.4. The molecule has 19 nitrogen and oxygen atoms in total. The highest BCUT2D eigenvalue weighted by atomic mass is 16.8. The minimum absolute atomic E-state index is 0.0678. The number of allylic oxidation sites excluding steroid dienone is 1. The summed E-state index contributed by atoms with van der Waals surface area (Å²) in [5, 5.41) is 130. The summed E-state index contributed by atoms with van der Waals surface area (Å²) in [4.78, 5) is 15.0. The molecular weight excluding hydrogens is 881 g/mol. The van der Waals surface area contributed by atoms with Gasteiger partial charge in [-0.2, -0.15) is 0 Å². The maximum absolute atomic E-state index is 15.0. The Morgan fingerprint density at radius 2 is 1.31 bits per heavy atom. The maximum Gasteiger partial charge on any atom is 0.314 e. The molecule has 12 N–H and O–H groups in total. The molecule has 0 bridgehead atoms. The van der Waals surface area contributed by atoms with E-state index < -0.39 is 134 Å². The zero-order chi connectivity index (χ0) is 48.9. The molecule has 3 aliphatic heterocycles. The van der Waals surface area contributed by atoms with Gasteiger partial charge in [-0.25, -0.2) is 0 Å². The molecule has 0 amide bonds. The normalized spacial score (nSPS) is 55.4. The lowest BCUT2D eigenvalue weighted by Gasteiger charge is -2.73. The molecule has 5 saturated carbocycles. The van der Waals surface area contributed by atoms with E-state index in [1.54, 1.807) is 0 Å². The summed E-state index contributed by atoms with van der Waals surface area (Å²) in [6.45, 7) is 12.8. The zero-order valence-electron chi connectivity index (χ0n) is 39.5. The summed E-state index contributed by atoms with van der Waals surface area (Å²) in [7, 11) is 0. The first-order valence-electron chi connectivity index (χ1n) is 24.6. The average Bonchev–Trinajstić information content (AvgIpc) is 3.72. The number of hydrogen-bond donors (Lipinski definition) is 12. The van der Waals surface area contributed by atoms with Crippen molar-refractivity contribution in [2.45, 2.75) is 197 Å². The van der Waals surface area contributed by atoms with Gasteiger partial charge < -0.3 is 89.7 Å². The Bertz CT molecular complexity index is 1790. The maximum atomic E-state index is 15.0. The number of ether oxygens (including phenoxy) is 6. The second-order valence-corrected chi connectivity index (χ2v) is 22.7. The standard InChI is InChI=1S/C48H78O19/c1-21(2)23-9-14-47(15-16-48(20-51)24(30(23)47)7-8-28-44(4)12-11-29(52)45(5,19-50)27(44)10-13-46(28,48)6)43(61)67-42-37(59)34(56)32(54)26(65-42)18-62-40-38(60)35(57)39(25(17-49)64-40)66-41-36(58)33(55)31(53)22(3)63-41/h22-42,49-60H,1,7-20H2,2-6H3/t22-,23-,24+,25+,26+,27+,28+,29-,30+,31-,32+,33+,34-,35+,36+,37+,38+,39+,40+,41-,42-,44-,45-,46+,47-,48-/m0/s1. The van der Waals surface area contributed by atoms with Crippen LogP contribution in [0.25, 0.3) is 0 Å². The first kappa shape index (κ1) is 51.9. The molecule has 19 heteroatoms. The van der Waals surface area contributed by atoms with Gasteiger partial charge in [0, 0.05) is 17.4 Å². The zero-order valence-corrected chi connectivity index (χ0v) is 39.5. The Morgan fingerprint density at radius 1 is 0.657 bits per heavy atom. The molecule has 0 spiro atoms. The Labute approximate surface area is 392 Å². The van der Waals surface area contributed by atoms with E-state index in [1.807, 2.05) is 13.8 Å². The number of carbonyl (C=O) groups is 1. The highest BCUT2D eigenvalue weighted by Crippen LogP contribution is 2.77. The molecule has 0 aromatic heterocycles. The van der Waals surface area contributed by atoms with E-state index >= 15 is 0 Å². The van der Waals surface area contributed by atoms with Crippen LogP contribution < -0.4 is 0 Å². The molecule has 3 saturated heterocycles. The van der Waals surface area contributed by atoms with E-state index in [1.165, 1.54) is 6.92 Å². The monoisotopic (exact) mass is 959 g/mol. The van der Waals surface area contributed by atoms with Crippen LogP contribution >= 0.6 is 0 Å². The first-order valence-corrected chi connectivity index (χ1v) is 24.6. The molecule has 8 aliphatic rings. The molecule has 67 heavy (non-hydrogen) atoms. The molecule has 0 unspecified atom stereocenters. The van der Waals surface area contributed by atoms with Gasteiger partial charge in [-0.15, -0.1) is 0 Å². The van der Waals surface area contributed by atoms with Gasteiger partial charge in [0.1, 0.15) is 67.1 Å². The SMILES string of the molecule is C=C(C)[C@@H]1CC[C@]2(C(=O)O[C@@H]3O[C@H](CO[C@@H]4O[C@H](CO)[C@@H](O[C@@H]5O[C@@H](C)[C@H](O)[C@@H](O)[C@H]5O)[C@H](O)[C@H]4O)[C@@H](O)[C@H](O)[C@H]3O)CC[C@]3(CO)[C@H](CC[C@@H]4[C@@]5(C)CC[C@H](O)[C@@](C)(CO)[C@@H]5CC[C@]43C)[C@@H]12. The smallest absolute Gasteiger partial charge is 0.314 e. The second kappa shape index (κ2) is 18.9. The topological polar surface area (TPSA) is 315 Å². The Balaban J connectivity index is 0.977. The fourth-order valence-corrected chi connectivity index (χ4v) is 15.9. The summed E-state index contributed by atoms with van der Waals surface area (Å²) < 4.78 is 34.7. The number of carbonyl (C=O) groups excluding carboxylic acids is 1. The van der Waals surface area contributed by atoms with Crippen LogP contribution in [0.1, 0.15) is 98.8 Å². The van der Waals surface area contributed by atoms with E-state index in [2.05, 4.69) is 20.4 Å². The van der Waals surface area contributed by atoms with Crippen LogP contribution in [0.5, 0.6) is 0 Å². The van der Waals surface area contributed by atoms with Crippen LogP contribution in [0.2, 0.25) is 0 Å². The van der Waals surface area contributed by atoms with Crippen LogP contribution in [0.4, 0.5) is 0 Å². The van der Waals surface area contributed by atoms with Crippen LogP contribution in [0, 0.1) is 56.7 Å². The summed E-state index contributed by atoms with van der Waals surface area (Å²) >= 11 is 0. The van der Waals surface area contributed by atoms with Gasteiger partial charge in [-0.1, -0.05) is 32.9 Å². The summed E-state index contributed by atoms with van der Waals surface area (Å²) in [5.74, 6) is -0.764. The van der Waals surface area contributed by atoms with Crippen molar-refractivity contribution in [3.8, 4) is 0 Å². The third-order valence-electron chi connectivity index (χ3n) is 19.8.